The van der Waals surface area contributed by atoms with Gasteiger partial charge in [0.1, 0.15) is 11.5 Å². The summed E-state index contributed by atoms with van der Waals surface area (Å²) in [5.74, 6) is -0.984. The van der Waals surface area contributed by atoms with Gasteiger partial charge in [0.15, 0.2) is 13.2 Å². The summed E-state index contributed by atoms with van der Waals surface area (Å²) in [6.07, 6.45) is 3.85. The number of aromatic nitrogens is 2. The highest BCUT2D eigenvalue weighted by molar-refractivity contribution is 6.30. The highest BCUT2D eigenvalue weighted by Gasteiger charge is 2.30. The van der Waals surface area contributed by atoms with Crippen molar-refractivity contribution in [2.75, 3.05) is 25.1 Å². The van der Waals surface area contributed by atoms with E-state index in [1.54, 1.807) is 43.3 Å². The molecule has 0 saturated heterocycles. The summed E-state index contributed by atoms with van der Waals surface area (Å²) in [6, 6.07) is 17.8. The Morgan fingerprint density at radius 3 is 1.88 bits per heavy atom. The molecular formula is C32H31ClN4O6. The molecule has 11 heteroatoms. The SMILES string of the molecule is CCOC(=O)COc1ccc2c(C(C(=O)Nc3ccc(Cl)cc3)c3cn(C)c4cc(OCC(N)=O)ccc34)cn(C)c2c1. The van der Waals surface area contributed by atoms with Crippen LogP contribution in [0.3, 0.4) is 0 Å². The summed E-state index contributed by atoms with van der Waals surface area (Å²) >= 11 is 6.07. The smallest absolute Gasteiger partial charge is 0.344 e. The second-order valence-corrected chi connectivity index (χ2v) is 10.5. The van der Waals surface area contributed by atoms with Crippen molar-refractivity contribution in [3.8, 4) is 11.5 Å². The molecule has 0 fully saturated rings. The fourth-order valence-electron chi connectivity index (χ4n) is 5.13. The van der Waals surface area contributed by atoms with E-state index in [4.69, 9.17) is 31.5 Å². The zero-order valence-electron chi connectivity index (χ0n) is 23.9. The highest BCUT2D eigenvalue weighted by atomic mass is 35.5. The molecule has 10 nitrogen and oxygen atoms in total. The maximum Gasteiger partial charge on any atom is 0.344 e. The van der Waals surface area contributed by atoms with Gasteiger partial charge in [-0.3, -0.25) is 9.59 Å². The molecule has 5 rings (SSSR count). The summed E-state index contributed by atoms with van der Waals surface area (Å²) in [6.45, 7) is 1.57. The largest absolute Gasteiger partial charge is 0.484 e. The first kappa shape index (κ1) is 29.5. The monoisotopic (exact) mass is 602 g/mol. The van der Waals surface area contributed by atoms with Crippen LogP contribution >= 0.6 is 11.6 Å². The number of carbonyl (C=O) groups is 3. The molecule has 0 radical (unpaired) electrons. The van der Waals surface area contributed by atoms with E-state index in [0.29, 0.717) is 22.2 Å². The number of benzene rings is 3. The zero-order valence-corrected chi connectivity index (χ0v) is 24.7. The zero-order chi connectivity index (χ0) is 30.7. The Hall–Kier alpha value is -4.96. The van der Waals surface area contributed by atoms with Gasteiger partial charge in [-0.1, -0.05) is 11.6 Å². The van der Waals surface area contributed by atoms with Crippen LogP contribution in [0.1, 0.15) is 24.0 Å². The molecule has 0 aliphatic rings. The lowest BCUT2D eigenvalue weighted by molar-refractivity contribution is -0.145. The molecule has 0 bridgehead atoms. The van der Waals surface area contributed by atoms with Gasteiger partial charge in [0.25, 0.3) is 5.91 Å². The van der Waals surface area contributed by atoms with Crippen molar-refractivity contribution in [1.29, 1.82) is 0 Å². The predicted molar refractivity (Wildman–Crippen MR) is 165 cm³/mol. The van der Waals surface area contributed by atoms with E-state index in [1.807, 2.05) is 59.9 Å². The molecule has 2 amide bonds. The minimum atomic E-state index is -0.716. The minimum Gasteiger partial charge on any atom is -0.484 e. The minimum absolute atomic E-state index is 0.204. The van der Waals surface area contributed by atoms with Crippen LogP contribution in [0.15, 0.2) is 73.1 Å². The third-order valence-electron chi connectivity index (χ3n) is 7.02. The van der Waals surface area contributed by atoms with Crippen LogP contribution in [0.2, 0.25) is 5.02 Å². The number of hydrogen-bond acceptors (Lipinski definition) is 6. The molecular weight excluding hydrogens is 572 g/mol. The molecule has 1 unspecified atom stereocenters. The summed E-state index contributed by atoms with van der Waals surface area (Å²) in [5.41, 5.74) is 9.05. The first-order chi connectivity index (χ1) is 20.6. The molecule has 43 heavy (non-hydrogen) atoms. The number of halogens is 1. The lowest BCUT2D eigenvalue weighted by Gasteiger charge is -2.17. The van der Waals surface area contributed by atoms with Crippen LogP contribution in [-0.4, -0.2) is 46.7 Å². The third kappa shape index (κ3) is 6.44. The van der Waals surface area contributed by atoms with Crippen molar-refractivity contribution in [3.63, 3.8) is 0 Å². The number of nitrogens with two attached hydrogens (primary N) is 1. The Morgan fingerprint density at radius 2 is 1.37 bits per heavy atom. The second kappa shape index (κ2) is 12.5. The average Bonchev–Trinajstić information content (AvgIpc) is 3.48. The molecule has 0 aliphatic heterocycles. The van der Waals surface area contributed by atoms with Gasteiger partial charge in [-0.2, -0.15) is 0 Å². The number of fused-ring (bicyclic) bond motifs is 2. The second-order valence-electron chi connectivity index (χ2n) is 10.0. The fraction of sp³-hybridized carbons (Fsp3) is 0.219. The van der Waals surface area contributed by atoms with Crippen molar-refractivity contribution in [3.05, 3.63) is 89.2 Å². The normalized spacial score (nSPS) is 11.8. The number of ether oxygens (including phenoxy) is 3. The van der Waals surface area contributed by atoms with Crippen LogP contribution in [0, 0.1) is 0 Å². The van der Waals surface area contributed by atoms with Gasteiger partial charge in [0.2, 0.25) is 5.91 Å². The summed E-state index contributed by atoms with van der Waals surface area (Å²) in [7, 11) is 3.77. The predicted octanol–water partition coefficient (Wildman–Crippen LogP) is 4.90. The number of carbonyl (C=O) groups excluding carboxylic acids is 3. The van der Waals surface area contributed by atoms with Gasteiger partial charge >= 0.3 is 5.97 Å². The van der Waals surface area contributed by atoms with Gasteiger partial charge in [-0.15, -0.1) is 0 Å². The quantitative estimate of drug-likeness (QED) is 0.207. The topological polar surface area (TPSA) is 127 Å². The Balaban J connectivity index is 1.58. The number of aryl methyl sites for hydroxylation is 2. The van der Waals surface area contributed by atoms with Gasteiger partial charge < -0.3 is 34.4 Å². The highest BCUT2D eigenvalue weighted by Crippen LogP contribution is 2.39. The molecule has 0 aliphatic carbocycles. The first-order valence-electron chi connectivity index (χ1n) is 13.6. The third-order valence-corrected chi connectivity index (χ3v) is 7.28. The van der Waals surface area contributed by atoms with E-state index in [-0.39, 0.29) is 25.7 Å². The lowest BCUT2D eigenvalue weighted by atomic mass is 9.89. The number of nitrogens with one attached hydrogen (secondary N) is 1. The van der Waals surface area contributed by atoms with Gasteiger partial charge in [0.05, 0.1) is 23.6 Å². The van der Waals surface area contributed by atoms with E-state index in [0.717, 1.165) is 32.9 Å². The lowest BCUT2D eigenvalue weighted by Crippen LogP contribution is -2.22. The molecule has 0 saturated carbocycles. The molecule has 2 heterocycles. The molecule has 3 aromatic carbocycles. The number of hydrogen-bond donors (Lipinski definition) is 2. The van der Waals surface area contributed by atoms with Crippen molar-refractivity contribution in [2.45, 2.75) is 12.8 Å². The summed E-state index contributed by atoms with van der Waals surface area (Å²) in [5, 5.41) is 5.30. The van der Waals surface area contributed by atoms with Crippen molar-refractivity contribution in [2.24, 2.45) is 19.8 Å². The van der Waals surface area contributed by atoms with Crippen molar-refractivity contribution in [1.82, 2.24) is 9.13 Å². The van der Waals surface area contributed by atoms with E-state index in [1.165, 1.54) is 0 Å². The number of nitrogens with zero attached hydrogens (tertiary/aromatic N) is 2. The molecule has 5 aromatic rings. The summed E-state index contributed by atoms with van der Waals surface area (Å²) < 4.78 is 20.0. The van der Waals surface area contributed by atoms with Crippen molar-refractivity contribution >= 4 is 56.9 Å². The Labute approximate surface area is 252 Å². The number of esters is 1. The summed E-state index contributed by atoms with van der Waals surface area (Å²) in [4.78, 5) is 37.2. The standard InChI is InChI=1S/C32H31ClN4O6/c1-4-41-30(39)18-43-22-10-12-24-26(16-37(3)28(24)14-22)31(32(40)35-20-7-5-19(33)6-8-20)25-15-36(2)27-13-21(9-11-23(25)27)42-17-29(34)38/h5-16,31H,4,17-18H2,1-3H3,(H2,34,38)(H,35,40). The Bertz CT molecular complexity index is 1830. The van der Waals surface area contributed by atoms with Crippen molar-refractivity contribution < 1.29 is 28.6 Å². The van der Waals surface area contributed by atoms with Crippen LogP contribution in [0.5, 0.6) is 11.5 Å². The van der Waals surface area contributed by atoms with Gasteiger partial charge in [0, 0.05) is 60.1 Å². The maximum absolute atomic E-state index is 14.1. The Kier molecular flexibility index (Phi) is 8.58. The van der Waals surface area contributed by atoms with Gasteiger partial charge in [-0.25, -0.2) is 4.79 Å². The van der Waals surface area contributed by atoms with E-state index < -0.39 is 17.8 Å². The maximum atomic E-state index is 14.1. The molecule has 3 N–H and O–H groups in total. The van der Waals surface area contributed by atoms with Gasteiger partial charge in [-0.05, 0) is 66.6 Å². The van der Waals surface area contributed by atoms with Crippen LogP contribution in [0.4, 0.5) is 5.69 Å². The molecule has 222 valence electrons. The van der Waals surface area contributed by atoms with Crippen LogP contribution in [0.25, 0.3) is 21.8 Å². The number of primary amides is 1. The number of anilines is 1. The average molecular weight is 603 g/mol. The van der Waals surface area contributed by atoms with Crippen LogP contribution < -0.4 is 20.5 Å². The Morgan fingerprint density at radius 1 is 0.837 bits per heavy atom. The number of amides is 2. The van der Waals surface area contributed by atoms with E-state index in [2.05, 4.69) is 5.32 Å². The molecule has 2 aromatic heterocycles. The van der Waals surface area contributed by atoms with E-state index in [9.17, 15) is 14.4 Å². The number of rotatable bonds is 11. The van der Waals surface area contributed by atoms with E-state index >= 15 is 0 Å². The fourth-order valence-corrected chi connectivity index (χ4v) is 5.25. The first-order valence-corrected chi connectivity index (χ1v) is 14.0. The molecule has 0 spiro atoms. The van der Waals surface area contributed by atoms with Crippen LogP contribution in [-0.2, 0) is 33.2 Å². The molecule has 1 atom stereocenters.